The van der Waals surface area contributed by atoms with Crippen molar-refractivity contribution in [1.29, 1.82) is 0 Å². The van der Waals surface area contributed by atoms with Crippen LogP contribution in [0.15, 0.2) is 54.6 Å². The summed E-state index contributed by atoms with van der Waals surface area (Å²) in [6.07, 6.45) is 5.10. The molecule has 236 valence electrons. The molecule has 1 unspecified atom stereocenters. The van der Waals surface area contributed by atoms with E-state index in [1.165, 1.54) is 39.0 Å². The number of hydrogen-bond donors (Lipinski definition) is 1. The van der Waals surface area contributed by atoms with Gasteiger partial charge < -0.3 is 24.4 Å². The van der Waals surface area contributed by atoms with E-state index in [1.807, 2.05) is 42.5 Å². The maximum Gasteiger partial charge on any atom is 0.332 e. The van der Waals surface area contributed by atoms with Crippen molar-refractivity contribution in [1.82, 2.24) is 9.80 Å². The van der Waals surface area contributed by atoms with Gasteiger partial charge in [0.2, 0.25) is 5.91 Å². The zero-order valence-corrected chi connectivity index (χ0v) is 26.5. The summed E-state index contributed by atoms with van der Waals surface area (Å²) in [6.45, 7) is 8.05. The third-order valence-corrected chi connectivity index (χ3v) is 8.83. The third-order valence-electron chi connectivity index (χ3n) is 8.83. The van der Waals surface area contributed by atoms with Crippen LogP contribution in [0.1, 0.15) is 64.4 Å². The number of carbonyl (C=O) groups excluding carboxylic acids is 3. The van der Waals surface area contributed by atoms with Crippen LogP contribution in [0.4, 0.5) is 5.69 Å². The summed E-state index contributed by atoms with van der Waals surface area (Å²) in [5.74, 6) is -0.384. The second-order valence-corrected chi connectivity index (χ2v) is 11.7. The number of phenolic OH excluding ortho intramolecular Hbond substituents is 1. The van der Waals surface area contributed by atoms with Gasteiger partial charge in [-0.2, -0.15) is 0 Å². The van der Waals surface area contributed by atoms with E-state index >= 15 is 0 Å². The molecule has 2 heterocycles. The van der Waals surface area contributed by atoms with Crippen LogP contribution < -0.4 is 4.90 Å². The molecule has 2 aromatic rings. The van der Waals surface area contributed by atoms with Gasteiger partial charge in [0.1, 0.15) is 11.3 Å². The second-order valence-electron chi connectivity index (χ2n) is 11.7. The molecule has 2 fully saturated rings. The molecule has 0 radical (unpaired) electrons. The summed E-state index contributed by atoms with van der Waals surface area (Å²) < 4.78 is 9.80. The molecular formula is C34H49N3O6. The number of ether oxygens (including phenoxy) is 2. The number of benzene rings is 2. The van der Waals surface area contributed by atoms with Crippen molar-refractivity contribution in [3.8, 4) is 5.75 Å². The van der Waals surface area contributed by atoms with Gasteiger partial charge in [-0.3, -0.25) is 14.5 Å². The Bertz CT molecular complexity index is 1190. The van der Waals surface area contributed by atoms with Gasteiger partial charge in [0, 0.05) is 43.7 Å². The van der Waals surface area contributed by atoms with E-state index in [0.29, 0.717) is 56.8 Å². The number of hydrogen-bond acceptors (Lipinski definition) is 8. The smallest absolute Gasteiger partial charge is 0.332 e. The van der Waals surface area contributed by atoms with Gasteiger partial charge in [-0.15, -0.1) is 0 Å². The van der Waals surface area contributed by atoms with Crippen LogP contribution in [0.25, 0.3) is 0 Å². The lowest BCUT2D eigenvalue weighted by Crippen LogP contribution is -2.62. The number of anilines is 1. The second kappa shape index (κ2) is 15.9. The Balaban J connectivity index is 0.000000268. The van der Waals surface area contributed by atoms with Crippen LogP contribution >= 0.6 is 0 Å². The number of methoxy groups -OCH3 is 2. The van der Waals surface area contributed by atoms with Crippen molar-refractivity contribution in [2.75, 3.05) is 58.9 Å². The number of para-hydroxylation sites is 1. The highest BCUT2D eigenvalue weighted by Crippen LogP contribution is 2.39. The number of nitrogens with zero attached hydrogens (tertiary/aromatic N) is 3. The summed E-state index contributed by atoms with van der Waals surface area (Å²) in [4.78, 5) is 43.1. The van der Waals surface area contributed by atoms with Crippen LogP contribution in [-0.2, 0) is 29.3 Å². The predicted octanol–water partition coefficient (Wildman–Crippen LogP) is 4.77. The number of likely N-dealkylation sites (N-methyl/N-ethyl adjacent to an activating group) is 1. The molecule has 4 rings (SSSR count). The zero-order valence-electron chi connectivity index (χ0n) is 26.5. The molecule has 0 aliphatic carbocycles. The first kappa shape index (κ1) is 34.1. The van der Waals surface area contributed by atoms with Crippen LogP contribution in [0.5, 0.6) is 5.75 Å². The lowest BCUT2D eigenvalue weighted by Gasteiger charge is -2.46. The molecule has 9 heteroatoms. The zero-order chi connectivity index (χ0) is 31.5. The summed E-state index contributed by atoms with van der Waals surface area (Å²) in [6, 6.07) is 17.1. The van der Waals surface area contributed by atoms with E-state index in [-0.39, 0.29) is 17.3 Å². The molecule has 1 atom stereocenters. The quantitative estimate of drug-likeness (QED) is 0.393. The minimum absolute atomic E-state index is 0.116. The molecule has 2 aromatic carbocycles. The Morgan fingerprint density at radius 2 is 1.63 bits per heavy atom. The fourth-order valence-corrected chi connectivity index (χ4v) is 6.55. The summed E-state index contributed by atoms with van der Waals surface area (Å²) >= 11 is 0. The minimum atomic E-state index is -1.04. The van der Waals surface area contributed by atoms with Gasteiger partial charge >= 0.3 is 11.9 Å². The lowest BCUT2D eigenvalue weighted by molar-refractivity contribution is -0.151. The Morgan fingerprint density at radius 1 is 0.930 bits per heavy atom. The largest absolute Gasteiger partial charge is 0.508 e. The number of rotatable bonds is 10. The molecule has 0 bridgehead atoms. The van der Waals surface area contributed by atoms with Gasteiger partial charge in [0.05, 0.1) is 20.6 Å². The topological polar surface area (TPSA) is 99.6 Å². The summed E-state index contributed by atoms with van der Waals surface area (Å²) in [7, 11) is 4.91. The normalized spacial score (nSPS) is 20.0. The first-order chi connectivity index (χ1) is 20.6. The molecule has 43 heavy (non-hydrogen) atoms. The molecule has 0 spiro atoms. The molecule has 1 amide bonds. The maximum absolute atomic E-state index is 12.8. The Morgan fingerprint density at radius 3 is 2.16 bits per heavy atom. The maximum atomic E-state index is 12.8. The van der Waals surface area contributed by atoms with Crippen LogP contribution in [-0.4, -0.2) is 92.3 Å². The highest BCUT2D eigenvalue weighted by Gasteiger charge is 2.49. The number of piperidine rings is 1. The van der Waals surface area contributed by atoms with E-state index < -0.39 is 11.5 Å². The summed E-state index contributed by atoms with van der Waals surface area (Å²) in [5.41, 5.74) is 1.23. The van der Waals surface area contributed by atoms with Gasteiger partial charge in [0.25, 0.3) is 0 Å². The molecule has 9 nitrogen and oxygen atoms in total. The fraction of sp³-hybridized carbons (Fsp3) is 0.559. The average Bonchev–Trinajstić information content (AvgIpc) is 3.42. The van der Waals surface area contributed by atoms with Crippen molar-refractivity contribution < 1.29 is 29.0 Å². The molecular weight excluding hydrogens is 546 g/mol. The number of amides is 1. The Labute approximate surface area is 256 Å². The molecule has 0 aromatic heterocycles. The third kappa shape index (κ3) is 8.36. The van der Waals surface area contributed by atoms with E-state index in [9.17, 15) is 19.5 Å². The summed E-state index contributed by atoms with van der Waals surface area (Å²) in [5, 5.41) is 9.61. The monoisotopic (exact) mass is 595 g/mol. The molecule has 2 aliphatic rings. The first-order valence-corrected chi connectivity index (χ1v) is 15.4. The predicted molar refractivity (Wildman–Crippen MR) is 168 cm³/mol. The van der Waals surface area contributed by atoms with Crippen molar-refractivity contribution in [3.63, 3.8) is 0 Å². The number of likely N-dealkylation sites (tertiary alicyclic amines) is 2. The van der Waals surface area contributed by atoms with Gasteiger partial charge in [-0.05, 0) is 69.1 Å². The standard InChI is InChI=1S/C20H28N2O5.C14H21NO/c1-4-17(23)22(16-8-6-5-7-9-16)20(19(25)27-3)11-14-21(15-12-20)13-10-18(24)26-2;1-3-7-14(8-9-15(2)11-14)12-5-4-6-13(16)10-12/h5-9H,4,10-15H2,1-3H3;4-6,10,16H,3,7-9,11H2,1-2H3. The van der Waals surface area contributed by atoms with Crippen LogP contribution in [0.2, 0.25) is 0 Å². The highest BCUT2D eigenvalue weighted by atomic mass is 16.5. The van der Waals surface area contributed by atoms with Crippen molar-refractivity contribution in [2.24, 2.45) is 0 Å². The number of aromatic hydroxyl groups is 1. The molecule has 2 saturated heterocycles. The molecule has 0 saturated carbocycles. The van der Waals surface area contributed by atoms with Crippen molar-refractivity contribution in [3.05, 3.63) is 60.2 Å². The first-order valence-electron chi connectivity index (χ1n) is 15.4. The minimum Gasteiger partial charge on any atom is -0.508 e. The highest BCUT2D eigenvalue weighted by molar-refractivity contribution is 6.02. The van der Waals surface area contributed by atoms with Crippen LogP contribution in [0.3, 0.4) is 0 Å². The van der Waals surface area contributed by atoms with Crippen molar-refractivity contribution in [2.45, 2.75) is 69.7 Å². The van der Waals surface area contributed by atoms with Gasteiger partial charge in [-0.1, -0.05) is 50.6 Å². The lowest BCUT2D eigenvalue weighted by atomic mass is 9.76. The van der Waals surface area contributed by atoms with E-state index in [0.717, 1.165) is 13.1 Å². The average molecular weight is 596 g/mol. The molecule has 1 N–H and O–H groups in total. The van der Waals surface area contributed by atoms with Crippen molar-refractivity contribution >= 4 is 23.5 Å². The number of carbonyl (C=O) groups is 3. The van der Waals surface area contributed by atoms with E-state index in [1.54, 1.807) is 17.9 Å². The van der Waals surface area contributed by atoms with E-state index in [4.69, 9.17) is 4.74 Å². The number of phenols is 1. The SMILES string of the molecule is CCC(=O)N(c1ccccc1)C1(C(=O)OC)CCN(CCC(=O)OC)CC1.CCCC1(c2cccc(O)c2)CCN(C)C1. The van der Waals surface area contributed by atoms with Gasteiger partial charge in [-0.25, -0.2) is 4.79 Å². The van der Waals surface area contributed by atoms with Crippen LogP contribution in [0, 0.1) is 0 Å². The fourth-order valence-electron chi connectivity index (χ4n) is 6.55. The Hall–Kier alpha value is -3.43. The van der Waals surface area contributed by atoms with E-state index in [2.05, 4.69) is 34.6 Å². The molecule has 2 aliphatic heterocycles. The Kier molecular flexibility index (Phi) is 12.6. The number of esters is 2. The van der Waals surface area contributed by atoms with Gasteiger partial charge in [0.15, 0.2) is 0 Å².